The highest BCUT2D eigenvalue weighted by molar-refractivity contribution is 7.90. The summed E-state index contributed by atoms with van der Waals surface area (Å²) in [6.07, 6.45) is 2.99. The molecule has 7 heteroatoms. The van der Waals surface area contributed by atoms with Gasteiger partial charge in [-0.3, -0.25) is 0 Å². The molecule has 0 N–H and O–H groups in total. The van der Waals surface area contributed by atoms with Gasteiger partial charge in [-0.25, -0.2) is 9.36 Å². The third kappa shape index (κ3) is 3.19. The summed E-state index contributed by atoms with van der Waals surface area (Å²) in [5, 5.41) is 0.753. The van der Waals surface area contributed by atoms with Gasteiger partial charge in [0.05, 0.1) is 21.4 Å². The molecule has 0 aliphatic heterocycles. The zero-order valence-corrected chi connectivity index (χ0v) is 14.3. The zero-order valence-electron chi connectivity index (χ0n) is 12.0. The SMILES string of the molecule is C[S+]([O-])c1ccc(-c2coc(=O)n2-c2ccc(Cl)c(Cl)c2)cc1. The van der Waals surface area contributed by atoms with Crippen LogP contribution in [0.2, 0.25) is 10.0 Å². The van der Waals surface area contributed by atoms with Gasteiger partial charge < -0.3 is 8.97 Å². The highest BCUT2D eigenvalue weighted by Crippen LogP contribution is 2.27. The van der Waals surface area contributed by atoms with Crippen LogP contribution in [0.5, 0.6) is 0 Å². The van der Waals surface area contributed by atoms with Crippen LogP contribution in [-0.2, 0) is 11.2 Å². The van der Waals surface area contributed by atoms with Crippen molar-refractivity contribution in [3.05, 3.63) is 69.3 Å². The first-order valence-electron chi connectivity index (χ1n) is 6.57. The molecule has 1 atom stereocenters. The molecule has 3 aromatic rings. The summed E-state index contributed by atoms with van der Waals surface area (Å²) < 4.78 is 17.9. The second-order valence-corrected chi connectivity index (χ2v) is 6.99. The van der Waals surface area contributed by atoms with E-state index in [1.54, 1.807) is 48.7 Å². The fourth-order valence-corrected chi connectivity index (χ4v) is 3.00. The number of aromatic nitrogens is 1. The summed E-state index contributed by atoms with van der Waals surface area (Å²) in [6.45, 7) is 0. The molecule has 0 saturated heterocycles. The smallest absolute Gasteiger partial charge is 0.424 e. The van der Waals surface area contributed by atoms with Crippen molar-refractivity contribution in [3.8, 4) is 16.9 Å². The van der Waals surface area contributed by atoms with Crippen molar-refractivity contribution in [2.45, 2.75) is 4.90 Å². The van der Waals surface area contributed by atoms with E-state index in [0.29, 0.717) is 26.3 Å². The van der Waals surface area contributed by atoms with Crippen molar-refractivity contribution in [2.24, 2.45) is 0 Å². The lowest BCUT2D eigenvalue weighted by Crippen LogP contribution is -2.13. The second-order valence-electron chi connectivity index (χ2n) is 4.80. The molecule has 3 rings (SSSR count). The molecule has 4 nitrogen and oxygen atoms in total. The van der Waals surface area contributed by atoms with Gasteiger partial charge in [0.2, 0.25) is 0 Å². The fourth-order valence-electron chi connectivity index (χ4n) is 2.19. The van der Waals surface area contributed by atoms with Crippen molar-refractivity contribution < 1.29 is 8.97 Å². The topological polar surface area (TPSA) is 58.2 Å². The molecule has 1 unspecified atom stereocenters. The van der Waals surface area contributed by atoms with Gasteiger partial charge in [-0.2, -0.15) is 0 Å². The first-order chi connectivity index (χ1) is 11.0. The standard InChI is InChI=1S/C16H11Cl2NO3S/c1-23(21)12-5-2-10(3-6-12)15-9-22-16(20)19(15)11-4-7-13(17)14(18)8-11/h2-9H,1H3. The Morgan fingerprint density at radius 1 is 1.09 bits per heavy atom. The third-order valence-corrected chi connectivity index (χ3v) is 5.01. The van der Waals surface area contributed by atoms with E-state index in [1.165, 1.54) is 10.8 Å². The van der Waals surface area contributed by atoms with Crippen molar-refractivity contribution >= 4 is 34.4 Å². The number of benzene rings is 2. The second kappa shape index (κ2) is 6.45. The Morgan fingerprint density at radius 3 is 2.39 bits per heavy atom. The maximum absolute atomic E-state index is 12.1. The molecule has 0 fully saturated rings. The van der Waals surface area contributed by atoms with E-state index in [9.17, 15) is 9.35 Å². The molecule has 0 saturated carbocycles. The van der Waals surface area contributed by atoms with E-state index >= 15 is 0 Å². The molecule has 0 aliphatic carbocycles. The maximum Gasteiger partial charge on any atom is 0.424 e. The van der Waals surface area contributed by atoms with Gasteiger partial charge in [0.1, 0.15) is 12.5 Å². The molecule has 23 heavy (non-hydrogen) atoms. The van der Waals surface area contributed by atoms with Crippen LogP contribution in [0, 0.1) is 0 Å². The number of halogens is 2. The largest absolute Gasteiger partial charge is 0.612 e. The van der Waals surface area contributed by atoms with Gasteiger partial charge in [0, 0.05) is 5.56 Å². The molecule has 2 aromatic carbocycles. The minimum absolute atomic E-state index is 0.347. The van der Waals surface area contributed by atoms with Gasteiger partial charge in [0.25, 0.3) is 0 Å². The van der Waals surface area contributed by atoms with E-state index in [0.717, 1.165) is 5.56 Å². The van der Waals surface area contributed by atoms with E-state index in [1.807, 2.05) is 0 Å². The Bertz CT molecular complexity index is 900. The van der Waals surface area contributed by atoms with Crippen molar-refractivity contribution in [1.82, 2.24) is 4.57 Å². The third-order valence-electron chi connectivity index (χ3n) is 3.34. The Hall–Kier alpha value is -1.66. The summed E-state index contributed by atoms with van der Waals surface area (Å²) in [5.41, 5.74) is 1.88. The van der Waals surface area contributed by atoms with Crippen LogP contribution in [0.3, 0.4) is 0 Å². The lowest BCUT2D eigenvalue weighted by atomic mass is 10.1. The van der Waals surface area contributed by atoms with Crippen LogP contribution in [-0.4, -0.2) is 15.4 Å². The Kier molecular flexibility index (Phi) is 4.55. The molecule has 0 radical (unpaired) electrons. The molecule has 0 bridgehead atoms. The average Bonchev–Trinajstić information content (AvgIpc) is 2.92. The Balaban J connectivity index is 2.11. The minimum Gasteiger partial charge on any atom is -0.612 e. The number of rotatable bonds is 3. The number of nitrogens with zero attached hydrogens (tertiary/aromatic N) is 1. The molecule has 1 heterocycles. The first-order valence-corrected chi connectivity index (χ1v) is 8.88. The number of hydrogen-bond donors (Lipinski definition) is 0. The first kappa shape index (κ1) is 16.2. The molecular weight excluding hydrogens is 357 g/mol. The molecular formula is C16H11Cl2NO3S. The number of hydrogen-bond acceptors (Lipinski definition) is 3. The van der Waals surface area contributed by atoms with E-state index < -0.39 is 16.9 Å². The van der Waals surface area contributed by atoms with Gasteiger partial charge in [-0.1, -0.05) is 23.2 Å². The van der Waals surface area contributed by atoms with E-state index in [-0.39, 0.29) is 0 Å². The molecule has 0 spiro atoms. The summed E-state index contributed by atoms with van der Waals surface area (Å²) >= 11 is 10.9. The molecule has 118 valence electrons. The van der Waals surface area contributed by atoms with E-state index in [2.05, 4.69) is 0 Å². The van der Waals surface area contributed by atoms with Crippen molar-refractivity contribution in [2.75, 3.05) is 6.26 Å². The maximum atomic E-state index is 12.1. The van der Waals surface area contributed by atoms with Gasteiger partial charge >= 0.3 is 5.76 Å². The van der Waals surface area contributed by atoms with Crippen molar-refractivity contribution in [3.63, 3.8) is 0 Å². The Labute approximate surface area is 145 Å². The van der Waals surface area contributed by atoms with Crippen LogP contribution < -0.4 is 5.76 Å². The molecule has 0 amide bonds. The van der Waals surface area contributed by atoms with Gasteiger partial charge in [-0.15, -0.1) is 0 Å². The lowest BCUT2D eigenvalue weighted by Gasteiger charge is -2.08. The zero-order chi connectivity index (χ0) is 16.6. The van der Waals surface area contributed by atoms with Gasteiger partial charge in [0.15, 0.2) is 4.90 Å². The Morgan fingerprint density at radius 2 is 1.78 bits per heavy atom. The van der Waals surface area contributed by atoms with Gasteiger partial charge in [-0.05, 0) is 53.6 Å². The monoisotopic (exact) mass is 367 g/mol. The highest BCUT2D eigenvalue weighted by Gasteiger charge is 2.14. The van der Waals surface area contributed by atoms with Crippen LogP contribution in [0.4, 0.5) is 0 Å². The summed E-state index contributed by atoms with van der Waals surface area (Å²) in [5.74, 6) is -0.526. The summed E-state index contributed by atoms with van der Waals surface area (Å²) in [4.78, 5) is 12.8. The number of oxazole rings is 1. The molecule has 0 aliphatic rings. The normalized spacial score (nSPS) is 12.3. The minimum atomic E-state index is -1.06. The average molecular weight is 368 g/mol. The van der Waals surface area contributed by atoms with Crippen molar-refractivity contribution in [1.29, 1.82) is 0 Å². The highest BCUT2D eigenvalue weighted by atomic mass is 35.5. The quantitative estimate of drug-likeness (QED) is 0.653. The van der Waals surface area contributed by atoms with Crippen LogP contribution in [0.15, 0.2) is 62.8 Å². The lowest BCUT2D eigenvalue weighted by molar-refractivity contribution is 0.504. The predicted molar refractivity (Wildman–Crippen MR) is 92.1 cm³/mol. The van der Waals surface area contributed by atoms with Crippen LogP contribution >= 0.6 is 23.2 Å². The van der Waals surface area contributed by atoms with E-state index in [4.69, 9.17) is 27.6 Å². The molecule has 1 aromatic heterocycles. The van der Waals surface area contributed by atoms with Crippen LogP contribution in [0.1, 0.15) is 0 Å². The summed E-state index contributed by atoms with van der Waals surface area (Å²) in [7, 11) is 0. The predicted octanol–water partition coefficient (Wildman–Crippen LogP) is 4.14. The summed E-state index contributed by atoms with van der Waals surface area (Å²) in [6, 6.07) is 12.0. The van der Waals surface area contributed by atoms with Crippen LogP contribution in [0.25, 0.3) is 16.9 Å². The fraction of sp³-hybridized carbons (Fsp3) is 0.0625.